The number of hydrogen-bond acceptors (Lipinski definition) is 5. The van der Waals surface area contributed by atoms with E-state index in [1.807, 2.05) is 0 Å². The van der Waals surface area contributed by atoms with Gasteiger partial charge in [0.15, 0.2) is 0 Å². The van der Waals surface area contributed by atoms with Gasteiger partial charge in [0, 0.05) is 38.8 Å². The summed E-state index contributed by atoms with van der Waals surface area (Å²) in [7, 11) is 1.53. The van der Waals surface area contributed by atoms with Crippen molar-refractivity contribution in [3.8, 4) is 0 Å². The standard InChI is InChI=1S/C20H35N3O3/c1-25-20(24)18-11-17-19(13-23(18)16-7-9-26-10-8-16)22(14-21-17)12-15-5-3-2-4-6-15/h15-19,21H,2-14H2,1H3/p+1/t17?,18-,19?/m1/s1. The van der Waals surface area contributed by atoms with Crippen LogP contribution in [-0.4, -0.2) is 80.0 Å². The highest BCUT2D eigenvalue weighted by Crippen LogP contribution is 2.30. The lowest BCUT2D eigenvalue weighted by molar-refractivity contribution is -0.678. The van der Waals surface area contributed by atoms with Crippen LogP contribution in [0.3, 0.4) is 0 Å². The van der Waals surface area contributed by atoms with Crippen LogP contribution in [-0.2, 0) is 14.3 Å². The molecule has 2 unspecified atom stereocenters. The van der Waals surface area contributed by atoms with Gasteiger partial charge in [0.05, 0.1) is 13.2 Å². The van der Waals surface area contributed by atoms with Gasteiger partial charge in [0.1, 0.15) is 18.8 Å². The van der Waals surface area contributed by atoms with E-state index in [2.05, 4.69) is 15.1 Å². The molecular formula is C20H36N3O3+. The molecule has 6 nitrogen and oxygen atoms in total. The Morgan fingerprint density at radius 3 is 2.65 bits per heavy atom. The summed E-state index contributed by atoms with van der Waals surface area (Å²) in [6.07, 6.45) is 10.1. The Labute approximate surface area is 157 Å². The predicted molar refractivity (Wildman–Crippen MR) is 98.6 cm³/mol. The number of fused-ring (bicyclic) bond motifs is 1. The zero-order valence-corrected chi connectivity index (χ0v) is 16.3. The van der Waals surface area contributed by atoms with E-state index in [0.717, 1.165) is 51.6 Å². The van der Waals surface area contributed by atoms with Gasteiger partial charge < -0.3 is 14.8 Å². The summed E-state index contributed by atoms with van der Waals surface area (Å²) in [6.45, 7) is 5.00. The van der Waals surface area contributed by atoms with Gasteiger partial charge in [0.25, 0.3) is 0 Å². The Morgan fingerprint density at radius 1 is 1.15 bits per heavy atom. The van der Waals surface area contributed by atoms with Crippen molar-refractivity contribution in [3.63, 3.8) is 0 Å². The number of rotatable bonds is 4. The highest BCUT2D eigenvalue weighted by molar-refractivity contribution is 5.76. The van der Waals surface area contributed by atoms with Crippen molar-refractivity contribution in [2.24, 2.45) is 5.92 Å². The van der Waals surface area contributed by atoms with Gasteiger partial charge in [-0.15, -0.1) is 0 Å². The summed E-state index contributed by atoms with van der Waals surface area (Å²) < 4.78 is 10.7. The maximum Gasteiger partial charge on any atom is 0.323 e. The number of likely N-dealkylation sites (tertiary alicyclic amines) is 1. The van der Waals surface area contributed by atoms with Crippen molar-refractivity contribution >= 4 is 5.97 Å². The molecule has 0 radical (unpaired) electrons. The second-order valence-electron chi connectivity index (χ2n) is 8.74. The molecule has 4 aliphatic rings. The highest BCUT2D eigenvalue weighted by atomic mass is 16.5. The molecule has 148 valence electrons. The number of carbonyl (C=O) groups excluding carboxylic acids is 1. The number of ether oxygens (including phenoxy) is 2. The maximum absolute atomic E-state index is 12.5. The SMILES string of the molecule is COC(=O)[C@H]1CC2[NH2+]CN(CC3CCCCC3)C2CN1C1CCOCC1. The first-order valence-electron chi connectivity index (χ1n) is 10.7. The van der Waals surface area contributed by atoms with Crippen molar-refractivity contribution in [1.82, 2.24) is 9.80 Å². The molecule has 0 aromatic rings. The van der Waals surface area contributed by atoms with E-state index in [1.165, 1.54) is 45.8 Å². The molecule has 3 atom stereocenters. The molecular weight excluding hydrogens is 330 g/mol. The summed E-state index contributed by atoms with van der Waals surface area (Å²) >= 11 is 0. The lowest BCUT2D eigenvalue weighted by Gasteiger charge is -2.45. The Hall–Kier alpha value is -0.690. The summed E-state index contributed by atoms with van der Waals surface area (Å²) in [5, 5.41) is 2.48. The summed E-state index contributed by atoms with van der Waals surface area (Å²) in [5.74, 6) is 0.833. The number of carbonyl (C=O) groups is 1. The zero-order chi connectivity index (χ0) is 17.9. The van der Waals surface area contributed by atoms with E-state index < -0.39 is 0 Å². The molecule has 0 amide bonds. The average molecular weight is 367 g/mol. The van der Waals surface area contributed by atoms with Crippen LogP contribution in [0.5, 0.6) is 0 Å². The highest BCUT2D eigenvalue weighted by Gasteiger charge is 2.49. The molecule has 0 spiro atoms. The van der Waals surface area contributed by atoms with Crippen LogP contribution in [0.25, 0.3) is 0 Å². The number of quaternary nitrogens is 1. The first kappa shape index (κ1) is 18.7. The van der Waals surface area contributed by atoms with Gasteiger partial charge in [-0.2, -0.15) is 0 Å². The zero-order valence-electron chi connectivity index (χ0n) is 16.3. The van der Waals surface area contributed by atoms with Crippen molar-refractivity contribution in [2.45, 2.75) is 75.5 Å². The third-order valence-electron chi connectivity index (χ3n) is 7.25. The summed E-state index contributed by atoms with van der Waals surface area (Å²) in [5.41, 5.74) is 0. The molecule has 1 aliphatic carbocycles. The normalized spacial score (nSPS) is 35.3. The van der Waals surface area contributed by atoms with Crippen LogP contribution in [0.15, 0.2) is 0 Å². The van der Waals surface area contributed by atoms with Crippen molar-refractivity contribution in [2.75, 3.05) is 40.1 Å². The molecule has 0 bridgehead atoms. The quantitative estimate of drug-likeness (QED) is 0.737. The largest absolute Gasteiger partial charge is 0.468 e. The van der Waals surface area contributed by atoms with Crippen LogP contribution < -0.4 is 5.32 Å². The average Bonchev–Trinajstić information content (AvgIpc) is 3.09. The second-order valence-corrected chi connectivity index (χ2v) is 8.74. The molecule has 4 fully saturated rings. The number of nitrogens with two attached hydrogens (primary N) is 1. The topological polar surface area (TPSA) is 58.6 Å². The Morgan fingerprint density at radius 2 is 1.92 bits per heavy atom. The van der Waals surface area contributed by atoms with E-state index in [9.17, 15) is 4.79 Å². The smallest absolute Gasteiger partial charge is 0.323 e. The van der Waals surface area contributed by atoms with Gasteiger partial charge in [-0.05, 0) is 31.6 Å². The lowest BCUT2D eigenvalue weighted by Crippen LogP contribution is -2.89. The van der Waals surface area contributed by atoms with Crippen molar-refractivity contribution < 1.29 is 19.6 Å². The molecule has 2 N–H and O–H groups in total. The summed E-state index contributed by atoms with van der Waals surface area (Å²) in [6, 6.07) is 1.51. The fourth-order valence-corrected chi connectivity index (χ4v) is 5.77. The first-order chi connectivity index (χ1) is 12.8. The third-order valence-corrected chi connectivity index (χ3v) is 7.25. The number of hydrogen-bond donors (Lipinski definition) is 1. The minimum Gasteiger partial charge on any atom is -0.468 e. The Balaban J connectivity index is 1.45. The maximum atomic E-state index is 12.5. The molecule has 1 saturated carbocycles. The fraction of sp³-hybridized carbons (Fsp3) is 0.950. The van der Waals surface area contributed by atoms with E-state index in [1.54, 1.807) is 0 Å². The van der Waals surface area contributed by atoms with Gasteiger partial charge in [0.2, 0.25) is 0 Å². The second kappa shape index (κ2) is 8.55. The van der Waals surface area contributed by atoms with Crippen LogP contribution in [0, 0.1) is 5.92 Å². The number of methoxy groups -OCH3 is 1. The molecule has 0 aromatic carbocycles. The molecule has 3 heterocycles. The van der Waals surface area contributed by atoms with E-state index in [-0.39, 0.29) is 12.0 Å². The molecule has 3 aliphatic heterocycles. The van der Waals surface area contributed by atoms with Gasteiger partial charge in [-0.3, -0.25) is 9.69 Å². The van der Waals surface area contributed by atoms with Gasteiger partial charge in [-0.1, -0.05) is 19.3 Å². The molecule has 6 heteroatoms. The molecule has 4 rings (SSSR count). The molecule has 26 heavy (non-hydrogen) atoms. The lowest BCUT2D eigenvalue weighted by atomic mass is 9.87. The Bertz CT molecular complexity index is 477. The first-order valence-corrected chi connectivity index (χ1v) is 10.7. The van der Waals surface area contributed by atoms with Gasteiger partial charge >= 0.3 is 5.97 Å². The fourth-order valence-electron chi connectivity index (χ4n) is 5.77. The monoisotopic (exact) mass is 366 g/mol. The molecule has 0 aromatic heterocycles. The van der Waals surface area contributed by atoms with Crippen LogP contribution in [0.2, 0.25) is 0 Å². The number of esters is 1. The third kappa shape index (κ3) is 3.93. The van der Waals surface area contributed by atoms with E-state index in [4.69, 9.17) is 9.47 Å². The van der Waals surface area contributed by atoms with Gasteiger partial charge in [-0.25, -0.2) is 4.90 Å². The number of piperidine rings is 1. The van der Waals surface area contributed by atoms with Crippen LogP contribution in [0.4, 0.5) is 0 Å². The van der Waals surface area contributed by atoms with E-state index in [0.29, 0.717) is 18.1 Å². The minimum absolute atomic E-state index is 0.0472. The Kier molecular flexibility index (Phi) is 6.14. The van der Waals surface area contributed by atoms with Crippen molar-refractivity contribution in [1.29, 1.82) is 0 Å². The minimum atomic E-state index is -0.0739. The predicted octanol–water partition coefficient (Wildman–Crippen LogP) is 0.567. The van der Waals surface area contributed by atoms with E-state index >= 15 is 0 Å². The number of nitrogens with zero attached hydrogens (tertiary/aromatic N) is 2. The van der Waals surface area contributed by atoms with Crippen LogP contribution in [0.1, 0.15) is 51.4 Å². The summed E-state index contributed by atoms with van der Waals surface area (Å²) in [4.78, 5) is 17.7. The molecule has 3 saturated heterocycles. The van der Waals surface area contributed by atoms with Crippen molar-refractivity contribution in [3.05, 3.63) is 0 Å². The van der Waals surface area contributed by atoms with Crippen LogP contribution >= 0.6 is 0 Å².